The molecule has 1 amide bonds. The Morgan fingerprint density at radius 1 is 1.04 bits per heavy atom. The summed E-state index contributed by atoms with van der Waals surface area (Å²) in [5, 5.41) is 0.698. The monoisotopic (exact) mass is 385 g/mol. The van der Waals surface area contributed by atoms with Gasteiger partial charge in [0.05, 0.1) is 5.41 Å². The van der Waals surface area contributed by atoms with E-state index in [1.807, 2.05) is 54.4 Å². The molecule has 4 nitrogen and oxygen atoms in total. The molecule has 0 radical (unpaired) electrons. The van der Waals surface area contributed by atoms with Crippen molar-refractivity contribution in [2.24, 2.45) is 0 Å². The summed E-state index contributed by atoms with van der Waals surface area (Å²) in [4.78, 5) is 15.3. The lowest BCUT2D eigenvalue weighted by atomic mass is 9.77. The van der Waals surface area contributed by atoms with E-state index in [0.29, 0.717) is 24.8 Å². The molecule has 0 bridgehead atoms. The number of amides is 1. The molecule has 0 spiro atoms. The van der Waals surface area contributed by atoms with Gasteiger partial charge in [0, 0.05) is 18.6 Å². The molecular formula is C22H24ClNO3. The predicted molar refractivity (Wildman–Crippen MR) is 106 cm³/mol. The van der Waals surface area contributed by atoms with Crippen LogP contribution in [0.1, 0.15) is 36.8 Å². The van der Waals surface area contributed by atoms with Gasteiger partial charge >= 0.3 is 0 Å². The van der Waals surface area contributed by atoms with Gasteiger partial charge in [-0.05, 0) is 48.2 Å². The molecule has 0 unspecified atom stereocenters. The summed E-state index contributed by atoms with van der Waals surface area (Å²) >= 11 is 6.05. The number of benzene rings is 2. The molecule has 2 aliphatic rings. The van der Waals surface area contributed by atoms with Crippen molar-refractivity contribution in [3.63, 3.8) is 0 Å². The van der Waals surface area contributed by atoms with Crippen LogP contribution in [0.15, 0.2) is 42.5 Å². The lowest BCUT2D eigenvalue weighted by molar-refractivity contribution is -0.136. The minimum atomic E-state index is -0.437. The second-order valence-corrected chi connectivity index (χ2v) is 7.87. The normalized spacial score (nSPS) is 17.6. The summed E-state index contributed by atoms with van der Waals surface area (Å²) in [7, 11) is 1.88. The molecule has 1 fully saturated rings. The number of hydrogen-bond donors (Lipinski definition) is 0. The van der Waals surface area contributed by atoms with Gasteiger partial charge in [0.25, 0.3) is 0 Å². The van der Waals surface area contributed by atoms with E-state index in [1.54, 1.807) is 0 Å². The van der Waals surface area contributed by atoms with Crippen molar-refractivity contribution >= 4 is 17.5 Å². The Bertz CT molecular complexity index is 828. The summed E-state index contributed by atoms with van der Waals surface area (Å²) in [6, 6.07) is 13.7. The summed E-state index contributed by atoms with van der Waals surface area (Å²) in [6.07, 6.45) is 3.93. The van der Waals surface area contributed by atoms with E-state index in [4.69, 9.17) is 21.1 Å². The third kappa shape index (κ3) is 3.51. The number of nitrogens with zero attached hydrogens (tertiary/aromatic N) is 1. The van der Waals surface area contributed by atoms with Gasteiger partial charge in [0.1, 0.15) is 13.2 Å². The van der Waals surface area contributed by atoms with Crippen LogP contribution in [0.5, 0.6) is 11.5 Å². The lowest BCUT2D eigenvalue weighted by Gasteiger charge is -2.33. The minimum absolute atomic E-state index is 0.178. The van der Waals surface area contributed by atoms with Gasteiger partial charge in [-0.1, -0.05) is 42.6 Å². The number of likely N-dealkylation sites (N-methyl/N-ethyl adjacent to an activating group) is 1. The quantitative estimate of drug-likeness (QED) is 0.773. The topological polar surface area (TPSA) is 38.8 Å². The molecule has 4 rings (SSSR count). The second kappa shape index (κ2) is 7.43. The van der Waals surface area contributed by atoms with Crippen LogP contribution in [-0.4, -0.2) is 31.1 Å². The van der Waals surface area contributed by atoms with E-state index in [-0.39, 0.29) is 5.91 Å². The Morgan fingerprint density at radius 3 is 2.41 bits per heavy atom. The van der Waals surface area contributed by atoms with Crippen LogP contribution in [0.3, 0.4) is 0 Å². The molecule has 0 aromatic heterocycles. The van der Waals surface area contributed by atoms with Crippen LogP contribution in [0, 0.1) is 0 Å². The smallest absolute Gasteiger partial charge is 0.233 e. The molecule has 1 heterocycles. The van der Waals surface area contributed by atoms with Crippen molar-refractivity contribution in [2.45, 2.75) is 37.6 Å². The maximum atomic E-state index is 13.5. The fraction of sp³-hybridized carbons (Fsp3) is 0.409. The Labute approximate surface area is 165 Å². The van der Waals surface area contributed by atoms with Gasteiger partial charge in [-0.25, -0.2) is 0 Å². The fourth-order valence-corrected chi connectivity index (χ4v) is 4.40. The number of carbonyl (C=O) groups excluding carboxylic acids is 1. The van der Waals surface area contributed by atoms with Crippen LogP contribution >= 0.6 is 11.6 Å². The van der Waals surface area contributed by atoms with Crippen LogP contribution in [0.4, 0.5) is 0 Å². The van der Waals surface area contributed by atoms with Crippen LogP contribution < -0.4 is 9.47 Å². The minimum Gasteiger partial charge on any atom is -0.486 e. The molecule has 2 aromatic rings. The van der Waals surface area contributed by atoms with E-state index in [2.05, 4.69) is 0 Å². The molecule has 0 saturated heterocycles. The first-order chi connectivity index (χ1) is 13.1. The van der Waals surface area contributed by atoms with E-state index >= 15 is 0 Å². The molecule has 0 atom stereocenters. The van der Waals surface area contributed by atoms with Gasteiger partial charge in [-0.2, -0.15) is 0 Å². The highest BCUT2D eigenvalue weighted by molar-refractivity contribution is 6.30. The molecule has 1 aliphatic heterocycles. The zero-order valence-electron chi connectivity index (χ0n) is 15.5. The predicted octanol–water partition coefficient (Wildman–Crippen LogP) is 4.58. The standard InChI is InChI=1S/C22H24ClNO3/c1-24(15-16-4-9-19-20(14-16)27-13-12-26-19)21(25)22(10-2-3-11-22)17-5-7-18(23)8-6-17/h4-9,14H,2-3,10-13,15H2,1H3. The van der Waals surface area contributed by atoms with Crippen LogP contribution in [-0.2, 0) is 16.8 Å². The van der Waals surface area contributed by atoms with Crippen molar-refractivity contribution < 1.29 is 14.3 Å². The van der Waals surface area contributed by atoms with E-state index < -0.39 is 5.41 Å². The van der Waals surface area contributed by atoms with Crippen molar-refractivity contribution in [3.8, 4) is 11.5 Å². The molecule has 0 N–H and O–H groups in total. The fourth-order valence-electron chi connectivity index (χ4n) is 4.27. The highest BCUT2D eigenvalue weighted by atomic mass is 35.5. The molecule has 2 aromatic carbocycles. The Kier molecular flexibility index (Phi) is 5.00. The third-order valence-electron chi connectivity index (χ3n) is 5.64. The zero-order valence-corrected chi connectivity index (χ0v) is 16.3. The summed E-state index contributed by atoms with van der Waals surface area (Å²) < 4.78 is 11.2. The van der Waals surface area contributed by atoms with Crippen molar-refractivity contribution in [1.82, 2.24) is 4.90 Å². The average Bonchev–Trinajstić information content (AvgIpc) is 3.19. The molecule has 1 saturated carbocycles. The summed E-state index contributed by atoms with van der Waals surface area (Å²) in [5.41, 5.74) is 1.68. The zero-order chi connectivity index (χ0) is 18.9. The van der Waals surface area contributed by atoms with Crippen molar-refractivity contribution in [3.05, 3.63) is 58.6 Å². The summed E-state index contributed by atoms with van der Waals surface area (Å²) in [5.74, 6) is 1.71. The van der Waals surface area contributed by atoms with Gasteiger partial charge in [-0.3, -0.25) is 4.79 Å². The third-order valence-corrected chi connectivity index (χ3v) is 5.89. The van der Waals surface area contributed by atoms with E-state index in [0.717, 1.165) is 48.3 Å². The SMILES string of the molecule is CN(Cc1ccc2c(c1)OCCO2)C(=O)C1(c2ccc(Cl)cc2)CCCC1. The maximum Gasteiger partial charge on any atom is 0.233 e. The second-order valence-electron chi connectivity index (χ2n) is 7.44. The molecule has 5 heteroatoms. The number of ether oxygens (including phenoxy) is 2. The van der Waals surface area contributed by atoms with Crippen molar-refractivity contribution in [1.29, 1.82) is 0 Å². The molecule has 142 valence electrons. The highest BCUT2D eigenvalue weighted by Crippen LogP contribution is 2.43. The first-order valence-electron chi connectivity index (χ1n) is 9.49. The lowest BCUT2D eigenvalue weighted by Crippen LogP contribution is -2.43. The number of hydrogen-bond acceptors (Lipinski definition) is 3. The molecule has 27 heavy (non-hydrogen) atoms. The van der Waals surface area contributed by atoms with E-state index in [9.17, 15) is 4.79 Å². The average molecular weight is 386 g/mol. The number of carbonyl (C=O) groups is 1. The highest BCUT2D eigenvalue weighted by Gasteiger charge is 2.44. The largest absolute Gasteiger partial charge is 0.486 e. The number of fused-ring (bicyclic) bond motifs is 1. The van der Waals surface area contributed by atoms with Gasteiger partial charge in [0.2, 0.25) is 5.91 Å². The van der Waals surface area contributed by atoms with Crippen LogP contribution in [0.2, 0.25) is 5.02 Å². The van der Waals surface area contributed by atoms with Crippen LogP contribution in [0.25, 0.3) is 0 Å². The van der Waals surface area contributed by atoms with Gasteiger partial charge < -0.3 is 14.4 Å². The first-order valence-corrected chi connectivity index (χ1v) is 9.86. The van der Waals surface area contributed by atoms with E-state index in [1.165, 1.54) is 0 Å². The van der Waals surface area contributed by atoms with Gasteiger partial charge in [-0.15, -0.1) is 0 Å². The summed E-state index contributed by atoms with van der Waals surface area (Å²) in [6.45, 7) is 1.68. The Hall–Kier alpha value is -2.20. The number of halogens is 1. The van der Waals surface area contributed by atoms with Gasteiger partial charge in [0.15, 0.2) is 11.5 Å². The Balaban J connectivity index is 1.56. The Morgan fingerprint density at radius 2 is 1.70 bits per heavy atom. The van der Waals surface area contributed by atoms with Crippen molar-refractivity contribution in [2.75, 3.05) is 20.3 Å². The number of rotatable bonds is 4. The maximum absolute atomic E-state index is 13.5. The first kappa shape index (κ1) is 18.2. The molecular weight excluding hydrogens is 362 g/mol. The molecule has 1 aliphatic carbocycles.